The highest BCUT2D eigenvalue weighted by Crippen LogP contribution is 2.28. The number of aliphatic carboxylic acids is 1. The van der Waals surface area contributed by atoms with E-state index in [1.807, 2.05) is 54.0 Å². The molecule has 7 heteroatoms. The van der Waals surface area contributed by atoms with Crippen molar-refractivity contribution in [1.82, 2.24) is 14.7 Å². The Balaban J connectivity index is 1.86. The molecule has 0 N–H and O–H groups in total. The number of carboxylic acid groups (broad SMARTS) is 1. The summed E-state index contributed by atoms with van der Waals surface area (Å²) in [7, 11) is 1.66. The molecule has 1 aromatic carbocycles. The molecular weight excluding hydrogens is 350 g/mol. The Bertz CT molecular complexity index is 888. The van der Waals surface area contributed by atoms with E-state index in [1.165, 1.54) is 4.90 Å². The second-order valence-electron chi connectivity index (χ2n) is 5.88. The van der Waals surface area contributed by atoms with Gasteiger partial charge in [-0.05, 0) is 30.0 Å². The Kier molecular flexibility index (Phi) is 5.48. The van der Waals surface area contributed by atoms with E-state index in [9.17, 15) is 14.7 Å². The second-order valence-corrected chi connectivity index (χ2v) is 6.83. The first-order valence-electron chi connectivity index (χ1n) is 8.16. The molecule has 2 aromatic heterocycles. The number of rotatable bonds is 7. The summed E-state index contributed by atoms with van der Waals surface area (Å²) in [4.78, 5) is 25.2. The summed E-state index contributed by atoms with van der Waals surface area (Å²) in [5.74, 6) is -1.46. The molecule has 0 saturated carbocycles. The van der Waals surface area contributed by atoms with Gasteiger partial charge in [0.25, 0.3) is 0 Å². The molecular formula is C19H18N3O3S-. The topological polar surface area (TPSA) is 78.3 Å². The molecule has 0 radical (unpaired) electrons. The van der Waals surface area contributed by atoms with Crippen molar-refractivity contribution < 1.29 is 14.7 Å². The van der Waals surface area contributed by atoms with Crippen LogP contribution in [0.4, 0.5) is 0 Å². The van der Waals surface area contributed by atoms with Crippen LogP contribution in [0.1, 0.15) is 18.4 Å². The Morgan fingerprint density at radius 3 is 2.58 bits per heavy atom. The van der Waals surface area contributed by atoms with Crippen molar-refractivity contribution in [3.63, 3.8) is 0 Å². The van der Waals surface area contributed by atoms with Crippen LogP contribution < -0.4 is 5.11 Å². The van der Waals surface area contributed by atoms with Gasteiger partial charge in [0.2, 0.25) is 5.91 Å². The van der Waals surface area contributed by atoms with Crippen LogP contribution in [0.2, 0.25) is 0 Å². The zero-order valence-electron chi connectivity index (χ0n) is 14.3. The highest BCUT2D eigenvalue weighted by molar-refractivity contribution is 7.13. The van der Waals surface area contributed by atoms with Gasteiger partial charge in [-0.3, -0.25) is 4.79 Å². The lowest BCUT2D eigenvalue weighted by Gasteiger charge is -2.17. The first-order valence-corrected chi connectivity index (χ1v) is 9.04. The third-order valence-corrected chi connectivity index (χ3v) is 4.82. The Labute approximate surface area is 155 Å². The van der Waals surface area contributed by atoms with Crippen molar-refractivity contribution in [3.05, 3.63) is 59.6 Å². The Morgan fingerprint density at radius 1 is 1.15 bits per heavy atom. The van der Waals surface area contributed by atoms with Crippen molar-refractivity contribution in [2.75, 3.05) is 7.05 Å². The number of para-hydroxylation sites is 1. The molecule has 0 fully saturated rings. The van der Waals surface area contributed by atoms with Crippen molar-refractivity contribution >= 4 is 23.2 Å². The predicted octanol–water partition coefficient (Wildman–Crippen LogP) is 2.09. The van der Waals surface area contributed by atoms with Crippen LogP contribution >= 0.6 is 11.3 Å². The number of hydrogen-bond donors (Lipinski definition) is 0. The molecule has 0 aliphatic heterocycles. The fourth-order valence-corrected chi connectivity index (χ4v) is 3.35. The number of benzene rings is 1. The van der Waals surface area contributed by atoms with Gasteiger partial charge in [0.05, 0.1) is 10.6 Å². The van der Waals surface area contributed by atoms with E-state index in [0.29, 0.717) is 6.54 Å². The zero-order chi connectivity index (χ0) is 18.5. The number of carboxylic acids is 1. The Hall–Kier alpha value is -2.93. The number of carbonyl (C=O) groups is 2. The van der Waals surface area contributed by atoms with Crippen molar-refractivity contribution in [1.29, 1.82) is 0 Å². The number of hydrogen-bond acceptors (Lipinski definition) is 5. The number of carbonyl (C=O) groups excluding carboxylic acids is 2. The van der Waals surface area contributed by atoms with E-state index in [2.05, 4.69) is 0 Å². The SMILES string of the molecule is CN(Cc1cn(-c2ccccc2)nc1-c1cccs1)C(=O)CCC(=O)[O-]. The maximum atomic E-state index is 12.1. The molecule has 0 atom stereocenters. The molecule has 134 valence electrons. The van der Waals surface area contributed by atoms with E-state index >= 15 is 0 Å². The van der Waals surface area contributed by atoms with Crippen molar-refractivity contribution in [3.8, 4) is 16.3 Å². The van der Waals surface area contributed by atoms with Gasteiger partial charge >= 0.3 is 0 Å². The van der Waals surface area contributed by atoms with Crippen LogP contribution in [-0.4, -0.2) is 33.6 Å². The minimum absolute atomic E-state index is 0.0695. The van der Waals surface area contributed by atoms with Gasteiger partial charge in [-0.1, -0.05) is 24.3 Å². The third-order valence-electron chi connectivity index (χ3n) is 3.94. The van der Waals surface area contributed by atoms with Crippen LogP contribution in [0.25, 0.3) is 16.3 Å². The second kappa shape index (κ2) is 7.97. The molecule has 0 bridgehead atoms. The summed E-state index contributed by atoms with van der Waals surface area (Å²) >= 11 is 1.58. The molecule has 3 aromatic rings. The van der Waals surface area contributed by atoms with E-state index in [0.717, 1.165) is 21.8 Å². The molecule has 26 heavy (non-hydrogen) atoms. The van der Waals surface area contributed by atoms with Gasteiger partial charge in [-0.15, -0.1) is 11.3 Å². The first-order chi connectivity index (χ1) is 12.5. The third kappa shape index (κ3) is 4.18. The van der Waals surface area contributed by atoms with Gasteiger partial charge < -0.3 is 14.8 Å². The number of thiophene rings is 1. The average molecular weight is 368 g/mol. The molecule has 1 amide bonds. The first kappa shape index (κ1) is 17.9. The van der Waals surface area contributed by atoms with E-state index < -0.39 is 5.97 Å². The van der Waals surface area contributed by atoms with Gasteiger partial charge in [0, 0.05) is 37.7 Å². The van der Waals surface area contributed by atoms with Crippen molar-refractivity contribution in [2.45, 2.75) is 19.4 Å². The number of nitrogens with zero attached hydrogens (tertiary/aromatic N) is 3. The minimum Gasteiger partial charge on any atom is -0.550 e. The summed E-state index contributed by atoms with van der Waals surface area (Å²) < 4.78 is 1.80. The highest BCUT2D eigenvalue weighted by atomic mass is 32.1. The molecule has 0 unspecified atom stereocenters. The van der Waals surface area contributed by atoms with Crippen LogP contribution in [0, 0.1) is 0 Å². The average Bonchev–Trinajstić information content (AvgIpc) is 3.29. The smallest absolute Gasteiger partial charge is 0.222 e. The standard InChI is InChI=1S/C19H19N3O3S/c1-21(17(23)9-10-18(24)25)12-14-13-22(15-6-3-2-4-7-15)20-19(14)16-8-5-11-26-16/h2-8,11,13H,9-10,12H2,1H3,(H,24,25)/p-1. The molecule has 6 nitrogen and oxygen atoms in total. The van der Waals surface area contributed by atoms with Crippen LogP contribution in [0.5, 0.6) is 0 Å². The molecule has 3 rings (SSSR count). The normalized spacial score (nSPS) is 10.7. The predicted molar refractivity (Wildman–Crippen MR) is 97.6 cm³/mol. The lowest BCUT2D eigenvalue weighted by Crippen LogP contribution is -2.29. The molecule has 0 spiro atoms. The van der Waals surface area contributed by atoms with Gasteiger partial charge in [0.15, 0.2) is 0 Å². The van der Waals surface area contributed by atoms with Crippen LogP contribution in [-0.2, 0) is 16.1 Å². The summed E-state index contributed by atoms with van der Waals surface area (Å²) in [5.41, 5.74) is 2.66. The minimum atomic E-state index is -1.22. The van der Waals surface area contributed by atoms with Gasteiger partial charge in [-0.2, -0.15) is 5.10 Å². The molecule has 0 aliphatic rings. The summed E-state index contributed by atoms with van der Waals surface area (Å²) in [5, 5.41) is 17.2. The largest absolute Gasteiger partial charge is 0.550 e. The maximum absolute atomic E-state index is 12.1. The maximum Gasteiger partial charge on any atom is 0.222 e. The molecule has 0 aliphatic carbocycles. The molecule has 0 saturated heterocycles. The lowest BCUT2D eigenvalue weighted by molar-refractivity contribution is -0.305. The molecule has 2 heterocycles. The zero-order valence-corrected chi connectivity index (χ0v) is 15.1. The van der Waals surface area contributed by atoms with Crippen LogP contribution in [0.3, 0.4) is 0 Å². The summed E-state index contributed by atoms with van der Waals surface area (Å²) in [6.07, 6.45) is 1.57. The van der Waals surface area contributed by atoms with E-state index in [-0.39, 0.29) is 18.7 Å². The van der Waals surface area contributed by atoms with E-state index in [4.69, 9.17) is 5.10 Å². The summed E-state index contributed by atoms with van der Waals surface area (Å²) in [6, 6.07) is 13.7. The van der Waals surface area contributed by atoms with Gasteiger partial charge in [-0.25, -0.2) is 4.68 Å². The quantitative estimate of drug-likeness (QED) is 0.640. The van der Waals surface area contributed by atoms with Crippen LogP contribution in [0.15, 0.2) is 54.0 Å². The van der Waals surface area contributed by atoms with E-state index in [1.54, 1.807) is 23.1 Å². The van der Waals surface area contributed by atoms with Gasteiger partial charge in [0.1, 0.15) is 5.69 Å². The fourth-order valence-electron chi connectivity index (χ4n) is 2.60. The Morgan fingerprint density at radius 2 is 1.92 bits per heavy atom. The fraction of sp³-hybridized carbons (Fsp3) is 0.211. The number of amides is 1. The van der Waals surface area contributed by atoms with Crippen molar-refractivity contribution in [2.24, 2.45) is 0 Å². The highest BCUT2D eigenvalue weighted by Gasteiger charge is 2.17. The lowest BCUT2D eigenvalue weighted by atomic mass is 10.2. The number of aromatic nitrogens is 2. The monoisotopic (exact) mass is 368 g/mol. The summed E-state index contributed by atoms with van der Waals surface area (Å²) in [6.45, 7) is 0.353.